The Labute approximate surface area is 133 Å². The molecule has 0 saturated heterocycles. The first-order chi connectivity index (χ1) is 10.7. The van der Waals surface area contributed by atoms with Crippen LogP contribution < -0.4 is 5.30 Å². The van der Waals surface area contributed by atoms with Gasteiger partial charge in [0.2, 0.25) is 0 Å². The first kappa shape index (κ1) is 17.2. The van der Waals surface area contributed by atoms with Crippen molar-refractivity contribution in [3.63, 3.8) is 0 Å². The average molecular weight is 336 g/mol. The van der Waals surface area contributed by atoms with Crippen LogP contribution in [0.5, 0.6) is 11.5 Å². The second-order valence-corrected chi connectivity index (χ2v) is 6.94. The van der Waals surface area contributed by atoms with Crippen LogP contribution in [0.4, 0.5) is 0 Å². The third-order valence-corrected chi connectivity index (χ3v) is 4.55. The lowest BCUT2D eigenvalue weighted by atomic mass is 9.93. The van der Waals surface area contributed by atoms with Gasteiger partial charge >= 0.3 is 7.60 Å². The lowest BCUT2D eigenvalue weighted by molar-refractivity contribution is 0.0976. The third kappa shape index (κ3) is 4.20. The van der Waals surface area contributed by atoms with E-state index in [0.717, 1.165) is 11.6 Å². The van der Waals surface area contributed by atoms with E-state index in [1.165, 1.54) is 24.3 Å². The maximum absolute atomic E-state index is 12.4. The van der Waals surface area contributed by atoms with Crippen molar-refractivity contribution in [1.82, 2.24) is 0 Å². The van der Waals surface area contributed by atoms with Gasteiger partial charge in [0.15, 0.2) is 5.78 Å². The van der Waals surface area contributed by atoms with E-state index in [0.29, 0.717) is 0 Å². The molecule has 0 aliphatic carbocycles. The Balaban J connectivity index is 2.27. The highest BCUT2D eigenvalue weighted by Crippen LogP contribution is 2.36. The summed E-state index contributed by atoms with van der Waals surface area (Å²) in [7, 11) is -4.67. The van der Waals surface area contributed by atoms with E-state index < -0.39 is 18.7 Å². The van der Waals surface area contributed by atoms with E-state index in [1.807, 2.05) is 6.92 Å². The molecular formula is C16H17O6P. The monoisotopic (exact) mass is 336 g/mol. The van der Waals surface area contributed by atoms with Crippen LogP contribution >= 0.6 is 7.60 Å². The average Bonchev–Trinajstić information content (AvgIpc) is 2.46. The maximum atomic E-state index is 12.4. The van der Waals surface area contributed by atoms with Gasteiger partial charge < -0.3 is 20.0 Å². The van der Waals surface area contributed by atoms with E-state index in [-0.39, 0.29) is 29.4 Å². The summed E-state index contributed by atoms with van der Waals surface area (Å²) >= 11 is 0. The zero-order chi connectivity index (χ0) is 17.2. The molecule has 0 saturated carbocycles. The number of rotatable bonds is 5. The summed E-state index contributed by atoms with van der Waals surface area (Å²) in [5, 5.41) is 18.2. The molecule has 0 spiro atoms. The lowest BCUT2D eigenvalue weighted by Gasteiger charge is -2.14. The molecule has 0 fully saturated rings. The van der Waals surface area contributed by atoms with Gasteiger partial charge in [-0.25, -0.2) is 0 Å². The van der Waals surface area contributed by atoms with Crippen LogP contribution in [0.25, 0.3) is 0 Å². The number of carbonyl (C=O) groups is 1. The zero-order valence-corrected chi connectivity index (χ0v) is 13.3. The van der Waals surface area contributed by atoms with Crippen molar-refractivity contribution in [2.75, 3.05) is 0 Å². The van der Waals surface area contributed by atoms with Crippen molar-refractivity contribution in [2.45, 2.75) is 19.3 Å². The minimum Gasteiger partial charge on any atom is -0.508 e. The second kappa shape index (κ2) is 6.54. The number of carbonyl (C=O) groups excluding carboxylic acids is 1. The number of ketones is 1. The first-order valence-corrected chi connectivity index (χ1v) is 8.51. The molecule has 4 N–H and O–H groups in total. The van der Waals surface area contributed by atoms with Gasteiger partial charge in [-0.05, 0) is 41.8 Å². The van der Waals surface area contributed by atoms with Crippen LogP contribution in [0, 0.1) is 0 Å². The topological polar surface area (TPSA) is 115 Å². The fourth-order valence-electron chi connectivity index (χ4n) is 2.31. The zero-order valence-electron chi connectivity index (χ0n) is 12.4. The Morgan fingerprint density at radius 3 is 2.17 bits per heavy atom. The molecular weight excluding hydrogens is 319 g/mol. The largest absolute Gasteiger partial charge is 0.508 e. The van der Waals surface area contributed by atoms with Crippen LogP contribution in [0.3, 0.4) is 0 Å². The van der Waals surface area contributed by atoms with Crippen LogP contribution in [0.2, 0.25) is 0 Å². The lowest BCUT2D eigenvalue weighted by Crippen LogP contribution is -2.17. The van der Waals surface area contributed by atoms with Gasteiger partial charge in [0.25, 0.3) is 0 Å². The van der Waals surface area contributed by atoms with Crippen molar-refractivity contribution in [1.29, 1.82) is 0 Å². The normalized spacial score (nSPS) is 12.8. The molecule has 0 radical (unpaired) electrons. The standard InChI is InChI=1S/C16H17O6P/c1-10(11-2-4-12(17)5-3-11)8-15(19)14-7-6-13(18)9-16(14)23(20,21)22/h2-7,9-10,17-18H,8H2,1H3,(H2,20,21,22). The predicted molar refractivity (Wildman–Crippen MR) is 85.3 cm³/mol. The van der Waals surface area contributed by atoms with E-state index in [1.54, 1.807) is 12.1 Å². The molecule has 0 bridgehead atoms. The molecule has 6 nitrogen and oxygen atoms in total. The molecule has 122 valence electrons. The first-order valence-electron chi connectivity index (χ1n) is 6.89. The molecule has 2 aromatic carbocycles. The highest BCUT2D eigenvalue weighted by Gasteiger charge is 2.26. The predicted octanol–water partition coefficient (Wildman–Crippen LogP) is 2.28. The molecule has 1 unspecified atom stereocenters. The Morgan fingerprint density at radius 2 is 1.61 bits per heavy atom. The van der Waals surface area contributed by atoms with Crippen molar-refractivity contribution in [2.24, 2.45) is 0 Å². The molecule has 0 amide bonds. The summed E-state index contributed by atoms with van der Waals surface area (Å²) < 4.78 is 11.5. The Kier molecular flexibility index (Phi) is 4.90. The summed E-state index contributed by atoms with van der Waals surface area (Å²) in [4.78, 5) is 31.1. The molecule has 1 atom stereocenters. The van der Waals surface area contributed by atoms with Gasteiger partial charge in [0.1, 0.15) is 11.5 Å². The van der Waals surface area contributed by atoms with Gasteiger partial charge in [-0.15, -0.1) is 0 Å². The van der Waals surface area contributed by atoms with Crippen molar-refractivity contribution in [3.05, 3.63) is 53.6 Å². The number of phenolic OH excluding ortho intramolecular Hbond substituents is 2. The fraction of sp³-hybridized carbons (Fsp3) is 0.188. The molecule has 0 heterocycles. The number of hydrogen-bond donors (Lipinski definition) is 4. The Bertz CT molecular complexity index is 763. The number of hydrogen-bond acceptors (Lipinski definition) is 4. The van der Waals surface area contributed by atoms with Gasteiger partial charge in [0, 0.05) is 12.0 Å². The van der Waals surface area contributed by atoms with Crippen LogP contribution in [0.1, 0.15) is 35.2 Å². The van der Waals surface area contributed by atoms with Crippen LogP contribution in [0.15, 0.2) is 42.5 Å². The van der Waals surface area contributed by atoms with Crippen molar-refractivity contribution >= 4 is 18.7 Å². The van der Waals surface area contributed by atoms with E-state index >= 15 is 0 Å². The molecule has 7 heteroatoms. The summed E-state index contributed by atoms with van der Waals surface area (Å²) in [5.41, 5.74) is 0.731. The summed E-state index contributed by atoms with van der Waals surface area (Å²) in [5.74, 6) is -0.813. The molecule has 0 aliphatic heterocycles. The number of benzene rings is 2. The van der Waals surface area contributed by atoms with Crippen LogP contribution in [-0.2, 0) is 4.57 Å². The van der Waals surface area contributed by atoms with Gasteiger partial charge in [0.05, 0.1) is 5.30 Å². The Morgan fingerprint density at radius 1 is 1.04 bits per heavy atom. The number of aromatic hydroxyl groups is 2. The smallest absolute Gasteiger partial charge is 0.357 e. The highest BCUT2D eigenvalue weighted by molar-refractivity contribution is 7.60. The van der Waals surface area contributed by atoms with Gasteiger partial charge in [-0.1, -0.05) is 19.1 Å². The van der Waals surface area contributed by atoms with Gasteiger partial charge in [-0.3, -0.25) is 9.36 Å². The number of phenols is 2. The van der Waals surface area contributed by atoms with Crippen LogP contribution in [-0.4, -0.2) is 25.8 Å². The molecule has 0 aliphatic rings. The van der Waals surface area contributed by atoms with Gasteiger partial charge in [-0.2, -0.15) is 0 Å². The summed E-state index contributed by atoms with van der Waals surface area (Å²) in [6.07, 6.45) is 0.0442. The molecule has 2 aromatic rings. The summed E-state index contributed by atoms with van der Waals surface area (Å²) in [6.45, 7) is 1.81. The minimum atomic E-state index is -4.67. The third-order valence-electron chi connectivity index (χ3n) is 3.55. The summed E-state index contributed by atoms with van der Waals surface area (Å²) in [6, 6.07) is 9.75. The highest BCUT2D eigenvalue weighted by atomic mass is 31.2. The molecule has 23 heavy (non-hydrogen) atoms. The number of Topliss-reactive ketones (excluding diaryl/α,β-unsaturated/α-hetero) is 1. The second-order valence-electron chi connectivity index (χ2n) is 5.37. The minimum absolute atomic E-state index is 0.0442. The van der Waals surface area contributed by atoms with E-state index in [9.17, 15) is 29.4 Å². The maximum Gasteiger partial charge on any atom is 0.357 e. The van der Waals surface area contributed by atoms with E-state index in [2.05, 4.69) is 0 Å². The SMILES string of the molecule is CC(CC(=O)c1ccc(O)cc1P(=O)(O)O)c1ccc(O)cc1. The fourth-order valence-corrected chi connectivity index (χ4v) is 3.12. The molecule has 0 aromatic heterocycles. The van der Waals surface area contributed by atoms with E-state index in [4.69, 9.17) is 0 Å². The Hall–Kier alpha value is -2.14. The van der Waals surface area contributed by atoms with Crippen molar-refractivity contribution < 1.29 is 29.4 Å². The quantitative estimate of drug-likeness (QED) is 0.492. The van der Waals surface area contributed by atoms with Crippen molar-refractivity contribution in [3.8, 4) is 11.5 Å². The molecule has 2 rings (SSSR count).